The average Bonchev–Trinajstić information content (AvgIpc) is 2.28. The molecule has 1 N–H and O–H groups in total. The van der Waals surface area contributed by atoms with Crippen molar-refractivity contribution in [1.29, 1.82) is 0 Å². The summed E-state index contributed by atoms with van der Waals surface area (Å²) >= 11 is 0. The molecule has 0 heterocycles. The van der Waals surface area contributed by atoms with Crippen LogP contribution in [0.25, 0.3) is 0 Å². The molecule has 0 atom stereocenters. The fourth-order valence-corrected chi connectivity index (χ4v) is 1.68. The van der Waals surface area contributed by atoms with E-state index >= 15 is 0 Å². The highest BCUT2D eigenvalue weighted by atomic mass is 16.1. The summed E-state index contributed by atoms with van der Waals surface area (Å²) in [5, 5.41) is 2.83. The van der Waals surface area contributed by atoms with Crippen LogP contribution in [0.3, 0.4) is 0 Å². The summed E-state index contributed by atoms with van der Waals surface area (Å²) < 4.78 is 0. The topological polar surface area (TPSA) is 29.1 Å². The summed E-state index contributed by atoms with van der Waals surface area (Å²) in [6.45, 7) is 6.81. The van der Waals surface area contributed by atoms with Gasteiger partial charge in [-0.15, -0.1) is 12.3 Å². The standard InChI is InChI=1S/C15H19NO/c1-5-6-11-16-14(17)12-9-7-8-10-13(12)15(2,3)4/h1,7-10H,6,11H2,2-4H3,(H,16,17). The molecule has 1 rings (SSSR count). The zero-order valence-corrected chi connectivity index (χ0v) is 10.7. The first-order chi connectivity index (χ1) is 7.96. The van der Waals surface area contributed by atoms with E-state index in [9.17, 15) is 4.79 Å². The smallest absolute Gasteiger partial charge is 0.251 e. The number of terminal acetylenes is 1. The maximum atomic E-state index is 12.0. The molecule has 2 nitrogen and oxygen atoms in total. The van der Waals surface area contributed by atoms with Crippen molar-refractivity contribution >= 4 is 5.91 Å². The Balaban J connectivity index is 2.91. The van der Waals surface area contributed by atoms with Gasteiger partial charge >= 0.3 is 0 Å². The number of carbonyl (C=O) groups is 1. The summed E-state index contributed by atoms with van der Waals surface area (Å²) in [5.41, 5.74) is 1.75. The molecule has 0 saturated carbocycles. The van der Waals surface area contributed by atoms with Crippen molar-refractivity contribution in [2.75, 3.05) is 6.54 Å². The Bertz CT molecular complexity index is 435. The number of rotatable bonds is 3. The highest BCUT2D eigenvalue weighted by Gasteiger charge is 2.20. The molecule has 0 fully saturated rings. The van der Waals surface area contributed by atoms with Crippen LogP contribution in [0.5, 0.6) is 0 Å². The van der Waals surface area contributed by atoms with Crippen molar-refractivity contribution in [3.8, 4) is 12.3 Å². The van der Waals surface area contributed by atoms with E-state index in [-0.39, 0.29) is 11.3 Å². The van der Waals surface area contributed by atoms with Crippen molar-refractivity contribution in [2.45, 2.75) is 32.6 Å². The minimum atomic E-state index is -0.0502. The van der Waals surface area contributed by atoms with E-state index in [2.05, 4.69) is 32.0 Å². The summed E-state index contributed by atoms with van der Waals surface area (Å²) in [6, 6.07) is 7.69. The third-order valence-electron chi connectivity index (χ3n) is 2.53. The van der Waals surface area contributed by atoms with E-state index in [1.165, 1.54) is 0 Å². The van der Waals surface area contributed by atoms with E-state index in [0.717, 1.165) is 11.1 Å². The number of nitrogens with one attached hydrogen (secondary N) is 1. The first kappa shape index (κ1) is 13.3. The van der Waals surface area contributed by atoms with Crippen LogP contribution in [0.15, 0.2) is 24.3 Å². The van der Waals surface area contributed by atoms with Crippen LogP contribution in [0, 0.1) is 12.3 Å². The lowest BCUT2D eigenvalue weighted by atomic mass is 9.83. The maximum Gasteiger partial charge on any atom is 0.251 e. The second-order valence-electron chi connectivity index (χ2n) is 5.01. The Hall–Kier alpha value is -1.75. The van der Waals surface area contributed by atoms with Crippen LogP contribution in [0.1, 0.15) is 43.1 Å². The van der Waals surface area contributed by atoms with Gasteiger partial charge in [-0.1, -0.05) is 39.0 Å². The summed E-state index contributed by atoms with van der Waals surface area (Å²) in [5.74, 6) is 2.45. The summed E-state index contributed by atoms with van der Waals surface area (Å²) in [4.78, 5) is 12.0. The molecule has 0 saturated heterocycles. The molecule has 0 aliphatic carbocycles. The summed E-state index contributed by atoms with van der Waals surface area (Å²) in [7, 11) is 0. The van der Waals surface area contributed by atoms with Gasteiger partial charge in [0.25, 0.3) is 5.91 Å². The largest absolute Gasteiger partial charge is 0.351 e. The molecule has 0 spiro atoms. The maximum absolute atomic E-state index is 12.0. The van der Waals surface area contributed by atoms with Gasteiger partial charge in [-0.3, -0.25) is 4.79 Å². The Morgan fingerprint density at radius 1 is 1.35 bits per heavy atom. The van der Waals surface area contributed by atoms with Crippen LogP contribution in [0.4, 0.5) is 0 Å². The van der Waals surface area contributed by atoms with Gasteiger partial charge in [-0.2, -0.15) is 0 Å². The molecule has 17 heavy (non-hydrogen) atoms. The predicted molar refractivity (Wildman–Crippen MR) is 70.9 cm³/mol. The molecule has 1 amide bonds. The fourth-order valence-electron chi connectivity index (χ4n) is 1.68. The van der Waals surface area contributed by atoms with Gasteiger partial charge in [0.05, 0.1) is 0 Å². The number of carbonyl (C=O) groups excluding carboxylic acids is 1. The monoisotopic (exact) mass is 229 g/mol. The minimum Gasteiger partial charge on any atom is -0.351 e. The van der Waals surface area contributed by atoms with Crippen LogP contribution in [-0.2, 0) is 5.41 Å². The molecular formula is C15H19NO. The Morgan fingerprint density at radius 3 is 2.59 bits per heavy atom. The van der Waals surface area contributed by atoms with Crippen LogP contribution >= 0.6 is 0 Å². The third-order valence-corrected chi connectivity index (χ3v) is 2.53. The van der Waals surface area contributed by atoms with Crippen LogP contribution in [0.2, 0.25) is 0 Å². The summed E-state index contributed by atoms with van der Waals surface area (Å²) in [6.07, 6.45) is 5.71. The van der Waals surface area contributed by atoms with Crippen molar-refractivity contribution in [3.05, 3.63) is 35.4 Å². The normalized spacial score (nSPS) is 10.7. The quantitative estimate of drug-likeness (QED) is 0.626. The number of benzene rings is 1. The minimum absolute atomic E-state index is 0.0416. The molecule has 90 valence electrons. The van der Waals surface area contributed by atoms with Crippen molar-refractivity contribution in [3.63, 3.8) is 0 Å². The highest BCUT2D eigenvalue weighted by Crippen LogP contribution is 2.25. The lowest BCUT2D eigenvalue weighted by Gasteiger charge is -2.22. The van der Waals surface area contributed by atoms with Gasteiger partial charge in [-0.05, 0) is 17.0 Å². The molecular weight excluding hydrogens is 210 g/mol. The molecule has 0 aliphatic heterocycles. The van der Waals surface area contributed by atoms with Gasteiger partial charge in [0.1, 0.15) is 0 Å². The Morgan fingerprint density at radius 2 is 2.00 bits per heavy atom. The predicted octanol–water partition coefficient (Wildman–Crippen LogP) is 2.74. The van der Waals surface area contributed by atoms with E-state index in [1.54, 1.807) is 0 Å². The lowest BCUT2D eigenvalue weighted by molar-refractivity contribution is 0.0952. The third kappa shape index (κ3) is 3.64. The van der Waals surface area contributed by atoms with Gasteiger partial charge in [0, 0.05) is 18.5 Å². The fraction of sp³-hybridized carbons (Fsp3) is 0.400. The molecule has 0 aliphatic rings. The molecule has 1 aromatic carbocycles. The van der Waals surface area contributed by atoms with E-state index in [1.807, 2.05) is 24.3 Å². The molecule has 0 radical (unpaired) electrons. The second kappa shape index (κ2) is 5.54. The van der Waals surface area contributed by atoms with Gasteiger partial charge < -0.3 is 5.32 Å². The molecule has 2 heteroatoms. The second-order valence-corrected chi connectivity index (χ2v) is 5.01. The van der Waals surface area contributed by atoms with E-state index in [0.29, 0.717) is 13.0 Å². The molecule has 0 unspecified atom stereocenters. The Kier molecular flexibility index (Phi) is 4.34. The molecule has 1 aromatic rings. The van der Waals surface area contributed by atoms with Crippen molar-refractivity contribution in [2.24, 2.45) is 0 Å². The van der Waals surface area contributed by atoms with Crippen LogP contribution in [-0.4, -0.2) is 12.5 Å². The van der Waals surface area contributed by atoms with Crippen molar-refractivity contribution in [1.82, 2.24) is 5.32 Å². The highest BCUT2D eigenvalue weighted by molar-refractivity contribution is 5.96. The van der Waals surface area contributed by atoms with Crippen LogP contribution < -0.4 is 5.32 Å². The lowest BCUT2D eigenvalue weighted by Crippen LogP contribution is -2.27. The van der Waals surface area contributed by atoms with E-state index < -0.39 is 0 Å². The number of hydrogen-bond donors (Lipinski definition) is 1. The zero-order chi connectivity index (χ0) is 12.9. The van der Waals surface area contributed by atoms with Gasteiger partial charge in [-0.25, -0.2) is 0 Å². The van der Waals surface area contributed by atoms with E-state index in [4.69, 9.17) is 6.42 Å². The molecule has 0 bridgehead atoms. The van der Waals surface area contributed by atoms with Crippen molar-refractivity contribution < 1.29 is 4.79 Å². The number of amides is 1. The Labute approximate surface area is 103 Å². The molecule has 0 aromatic heterocycles. The number of hydrogen-bond acceptors (Lipinski definition) is 1. The first-order valence-electron chi connectivity index (χ1n) is 5.78. The van der Waals surface area contributed by atoms with Gasteiger partial charge in [0.2, 0.25) is 0 Å². The van der Waals surface area contributed by atoms with Gasteiger partial charge in [0.15, 0.2) is 0 Å². The first-order valence-corrected chi connectivity index (χ1v) is 5.78. The average molecular weight is 229 g/mol. The SMILES string of the molecule is C#CCCNC(=O)c1ccccc1C(C)(C)C. The zero-order valence-electron chi connectivity index (χ0n) is 10.7.